The number of nitrogens with zero attached hydrogens (tertiary/aromatic N) is 2. The minimum atomic E-state index is -0.217. The van der Waals surface area contributed by atoms with Gasteiger partial charge in [-0.25, -0.2) is 9.97 Å². The van der Waals surface area contributed by atoms with Gasteiger partial charge in [0.25, 0.3) is 5.91 Å². The second-order valence-electron chi connectivity index (χ2n) is 4.86. The Morgan fingerprint density at radius 3 is 2.89 bits per heavy atom. The van der Waals surface area contributed by atoms with E-state index in [0.717, 1.165) is 16.5 Å². The van der Waals surface area contributed by atoms with Crippen molar-refractivity contribution in [3.63, 3.8) is 0 Å². The first-order valence-electron chi connectivity index (χ1n) is 6.08. The zero-order chi connectivity index (χ0) is 13.1. The molecule has 0 fully saturated rings. The van der Waals surface area contributed by atoms with Crippen LogP contribution >= 0.6 is 0 Å². The molecule has 94 valence electrons. The first kappa shape index (κ1) is 12.5. The van der Waals surface area contributed by atoms with Gasteiger partial charge >= 0.3 is 0 Å². The van der Waals surface area contributed by atoms with Gasteiger partial charge in [0.2, 0.25) is 5.82 Å². The number of hydrogen-bond donors (Lipinski definition) is 1. The second-order valence-corrected chi connectivity index (χ2v) is 4.86. The molecule has 1 aromatic carbocycles. The standard InChI is InChI=1S/C14H17N3O/c1-9(2)7-16-14(18)13-15-8-11-6-10(3)4-5-12(11)17-13/h4-6,8-9H,7H2,1-3H3,(H,16,18). The molecule has 1 aromatic heterocycles. The Balaban J connectivity index is 2.24. The average Bonchev–Trinajstić information content (AvgIpc) is 2.35. The zero-order valence-corrected chi connectivity index (χ0v) is 10.9. The molecular formula is C14H17N3O. The smallest absolute Gasteiger partial charge is 0.289 e. The lowest BCUT2D eigenvalue weighted by Crippen LogP contribution is -2.28. The molecule has 0 saturated carbocycles. The SMILES string of the molecule is Cc1ccc2nc(C(=O)NCC(C)C)ncc2c1. The van der Waals surface area contributed by atoms with Gasteiger partial charge in [-0.05, 0) is 25.0 Å². The van der Waals surface area contributed by atoms with Crippen molar-refractivity contribution in [2.24, 2.45) is 5.92 Å². The highest BCUT2D eigenvalue weighted by Gasteiger charge is 2.10. The Hall–Kier alpha value is -1.97. The molecule has 2 aromatic rings. The highest BCUT2D eigenvalue weighted by atomic mass is 16.2. The summed E-state index contributed by atoms with van der Waals surface area (Å²) in [7, 11) is 0. The number of rotatable bonds is 3. The van der Waals surface area contributed by atoms with Crippen LogP contribution in [0.5, 0.6) is 0 Å². The number of aryl methyl sites for hydroxylation is 1. The number of benzene rings is 1. The molecule has 0 bridgehead atoms. The van der Waals surface area contributed by atoms with E-state index in [1.807, 2.05) is 39.0 Å². The molecule has 1 amide bonds. The maximum atomic E-state index is 11.8. The molecule has 0 aliphatic heterocycles. The molecule has 2 rings (SSSR count). The van der Waals surface area contributed by atoms with Crippen molar-refractivity contribution in [1.29, 1.82) is 0 Å². The predicted octanol–water partition coefficient (Wildman–Crippen LogP) is 2.32. The minimum absolute atomic E-state index is 0.217. The van der Waals surface area contributed by atoms with Crippen LogP contribution in [-0.2, 0) is 0 Å². The molecule has 0 unspecified atom stereocenters. The third-order valence-electron chi connectivity index (χ3n) is 2.61. The summed E-state index contributed by atoms with van der Waals surface area (Å²) in [6, 6.07) is 5.89. The normalized spacial score (nSPS) is 10.9. The van der Waals surface area contributed by atoms with Gasteiger partial charge in [0, 0.05) is 18.1 Å². The number of fused-ring (bicyclic) bond motifs is 1. The lowest BCUT2D eigenvalue weighted by Gasteiger charge is -2.07. The zero-order valence-electron chi connectivity index (χ0n) is 10.9. The van der Waals surface area contributed by atoms with E-state index >= 15 is 0 Å². The lowest BCUT2D eigenvalue weighted by molar-refractivity contribution is 0.0939. The molecule has 0 aliphatic rings. The van der Waals surface area contributed by atoms with Crippen LogP contribution in [0.1, 0.15) is 30.0 Å². The highest BCUT2D eigenvalue weighted by molar-refractivity contribution is 5.92. The first-order valence-corrected chi connectivity index (χ1v) is 6.08. The number of carbonyl (C=O) groups excluding carboxylic acids is 1. The van der Waals surface area contributed by atoms with E-state index in [0.29, 0.717) is 12.5 Å². The molecule has 1 heterocycles. The highest BCUT2D eigenvalue weighted by Crippen LogP contribution is 2.12. The molecule has 4 heteroatoms. The molecule has 18 heavy (non-hydrogen) atoms. The molecule has 0 spiro atoms. The van der Waals surface area contributed by atoms with E-state index in [-0.39, 0.29) is 11.7 Å². The van der Waals surface area contributed by atoms with E-state index in [9.17, 15) is 4.79 Å². The third-order valence-corrected chi connectivity index (χ3v) is 2.61. The fourth-order valence-corrected chi connectivity index (χ4v) is 1.64. The van der Waals surface area contributed by atoms with Gasteiger partial charge in [0.15, 0.2) is 0 Å². The van der Waals surface area contributed by atoms with Crippen molar-refractivity contribution >= 4 is 16.8 Å². The molecular weight excluding hydrogens is 226 g/mol. The van der Waals surface area contributed by atoms with Crippen LogP contribution in [0, 0.1) is 12.8 Å². The minimum Gasteiger partial charge on any atom is -0.349 e. The van der Waals surface area contributed by atoms with Crippen molar-refractivity contribution in [3.8, 4) is 0 Å². The number of hydrogen-bond acceptors (Lipinski definition) is 3. The average molecular weight is 243 g/mol. The van der Waals surface area contributed by atoms with Crippen molar-refractivity contribution in [2.75, 3.05) is 6.54 Å². The lowest BCUT2D eigenvalue weighted by atomic mass is 10.2. The van der Waals surface area contributed by atoms with Crippen LogP contribution in [0.2, 0.25) is 0 Å². The van der Waals surface area contributed by atoms with Crippen molar-refractivity contribution < 1.29 is 4.79 Å². The first-order chi connectivity index (χ1) is 8.56. The van der Waals surface area contributed by atoms with Gasteiger partial charge in [-0.15, -0.1) is 0 Å². The van der Waals surface area contributed by atoms with Crippen LogP contribution in [0.3, 0.4) is 0 Å². The molecule has 4 nitrogen and oxygen atoms in total. The monoisotopic (exact) mass is 243 g/mol. The van der Waals surface area contributed by atoms with E-state index in [1.165, 1.54) is 0 Å². The predicted molar refractivity (Wildman–Crippen MR) is 71.4 cm³/mol. The number of aromatic nitrogens is 2. The Morgan fingerprint density at radius 1 is 1.39 bits per heavy atom. The third kappa shape index (κ3) is 2.83. The molecule has 0 saturated heterocycles. The maximum absolute atomic E-state index is 11.8. The van der Waals surface area contributed by atoms with Crippen LogP contribution in [0.15, 0.2) is 24.4 Å². The Labute approximate surface area is 106 Å². The summed E-state index contributed by atoms with van der Waals surface area (Å²) in [6.45, 7) is 6.74. The summed E-state index contributed by atoms with van der Waals surface area (Å²) in [4.78, 5) is 20.2. The molecule has 0 radical (unpaired) electrons. The van der Waals surface area contributed by atoms with E-state index in [4.69, 9.17) is 0 Å². The van der Waals surface area contributed by atoms with E-state index in [1.54, 1.807) is 6.20 Å². The van der Waals surface area contributed by atoms with Gasteiger partial charge in [0.05, 0.1) is 5.52 Å². The molecule has 0 aliphatic carbocycles. The van der Waals surface area contributed by atoms with Gasteiger partial charge < -0.3 is 5.32 Å². The number of nitrogens with one attached hydrogen (secondary N) is 1. The topological polar surface area (TPSA) is 54.9 Å². The Kier molecular flexibility index (Phi) is 3.55. The van der Waals surface area contributed by atoms with Crippen molar-refractivity contribution in [2.45, 2.75) is 20.8 Å². The van der Waals surface area contributed by atoms with Crippen LogP contribution in [0.25, 0.3) is 10.9 Å². The van der Waals surface area contributed by atoms with Gasteiger partial charge in [-0.3, -0.25) is 4.79 Å². The Bertz CT molecular complexity index is 578. The number of amides is 1. The summed E-state index contributed by atoms with van der Waals surface area (Å²) in [5, 5.41) is 3.76. The summed E-state index contributed by atoms with van der Waals surface area (Å²) >= 11 is 0. The fraction of sp³-hybridized carbons (Fsp3) is 0.357. The molecule has 1 N–H and O–H groups in total. The van der Waals surface area contributed by atoms with Crippen molar-refractivity contribution in [1.82, 2.24) is 15.3 Å². The van der Waals surface area contributed by atoms with Crippen LogP contribution in [-0.4, -0.2) is 22.4 Å². The maximum Gasteiger partial charge on any atom is 0.289 e. The molecule has 0 atom stereocenters. The summed E-state index contributed by atoms with van der Waals surface area (Å²) in [6.07, 6.45) is 1.69. The van der Waals surface area contributed by atoms with Crippen LogP contribution < -0.4 is 5.32 Å². The van der Waals surface area contributed by atoms with Gasteiger partial charge in [-0.2, -0.15) is 0 Å². The summed E-state index contributed by atoms with van der Waals surface area (Å²) in [5.74, 6) is 0.426. The quantitative estimate of drug-likeness (QED) is 0.900. The largest absolute Gasteiger partial charge is 0.349 e. The number of carbonyl (C=O) groups is 1. The van der Waals surface area contributed by atoms with E-state index < -0.39 is 0 Å². The van der Waals surface area contributed by atoms with Crippen molar-refractivity contribution in [3.05, 3.63) is 35.8 Å². The summed E-state index contributed by atoms with van der Waals surface area (Å²) < 4.78 is 0. The van der Waals surface area contributed by atoms with Crippen LogP contribution in [0.4, 0.5) is 0 Å². The van der Waals surface area contributed by atoms with Gasteiger partial charge in [0.1, 0.15) is 0 Å². The summed E-state index contributed by atoms with van der Waals surface area (Å²) in [5.41, 5.74) is 1.95. The second kappa shape index (κ2) is 5.12. The Morgan fingerprint density at radius 2 is 2.17 bits per heavy atom. The van der Waals surface area contributed by atoms with Gasteiger partial charge in [-0.1, -0.05) is 25.5 Å². The fourth-order valence-electron chi connectivity index (χ4n) is 1.64. The van der Waals surface area contributed by atoms with E-state index in [2.05, 4.69) is 15.3 Å².